The SMILES string of the molecule is Cc1c(N2Cc3cccc(NC4CCNCC4)c3C2)cn[nH]c1=O. The summed E-state index contributed by atoms with van der Waals surface area (Å²) in [6, 6.07) is 7.01. The van der Waals surface area contributed by atoms with Gasteiger partial charge in [0.15, 0.2) is 0 Å². The van der Waals surface area contributed by atoms with Crippen molar-refractivity contribution in [1.82, 2.24) is 15.5 Å². The average Bonchev–Trinajstić information content (AvgIpc) is 3.03. The molecule has 0 saturated carbocycles. The topological polar surface area (TPSA) is 73.0 Å². The fraction of sp³-hybridized carbons (Fsp3) is 0.444. The number of H-pyrrole nitrogens is 1. The molecular weight excluding hydrogens is 302 g/mol. The van der Waals surface area contributed by atoms with Crippen LogP contribution in [0.1, 0.15) is 29.5 Å². The molecule has 6 nitrogen and oxygen atoms in total. The first-order chi connectivity index (χ1) is 11.7. The van der Waals surface area contributed by atoms with Crippen molar-refractivity contribution >= 4 is 11.4 Å². The van der Waals surface area contributed by atoms with Crippen molar-refractivity contribution in [2.24, 2.45) is 0 Å². The predicted octanol–water partition coefficient (Wildman–Crippen LogP) is 1.76. The minimum Gasteiger partial charge on any atom is -0.382 e. The van der Waals surface area contributed by atoms with Crippen LogP contribution < -0.4 is 21.1 Å². The zero-order chi connectivity index (χ0) is 16.5. The molecule has 4 rings (SSSR count). The third-order valence-electron chi connectivity index (χ3n) is 5.10. The fourth-order valence-electron chi connectivity index (χ4n) is 3.68. The van der Waals surface area contributed by atoms with Crippen LogP contribution in [0.3, 0.4) is 0 Å². The molecule has 1 saturated heterocycles. The molecular formula is C18H23N5O. The van der Waals surface area contributed by atoms with E-state index >= 15 is 0 Å². The van der Waals surface area contributed by atoms with Gasteiger partial charge in [-0.15, -0.1) is 0 Å². The monoisotopic (exact) mass is 325 g/mol. The first kappa shape index (κ1) is 15.2. The van der Waals surface area contributed by atoms with Gasteiger partial charge in [0.05, 0.1) is 11.9 Å². The van der Waals surface area contributed by atoms with E-state index in [2.05, 4.69) is 43.9 Å². The fourth-order valence-corrected chi connectivity index (χ4v) is 3.68. The van der Waals surface area contributed by atoms with Crippen LogP contribution in [0.15, 0.2) is 29.2 Å². The van der Waals surface area contributed by atoms with Gasteiger partial charge >= 0.3 is 0 Å². The van der Waals surface area contributed by atoms with Crippen molar-refractivity contribution < 1.29 is 0 Å². The van der Waals surface area contributed by atoms with Crippen LogP contribution in [0.5, 0.6) is 0 Å². The maximum Gasteiger partial charge on any atom is 0.269 e. The molecule has 6 heteroatoms. The molecule has 0 radical (unpaired) electrons. The van der Waals surface area contributed by atoms with Gasteiger partial charge in [0.1, 0.15) is 0 Å². The highest BCUT2D eigenvalue weighted by atomic mass is 16.1. The normalized spacial score (nSPS) is 17.8. The minimum absolute atomic E-state index is 0.114. The second-order valence-electron chi connectivity index (χ2n) is 6.68. The summed E-state index contributed by atoms with van der Waals surface area (Å²) in [6.45, 7) is 5.65. The zero-order valence-electron chi connectivity index (χ0n) is 13.9. The molecule has 0 bridgehead atoms. The van der Waals surface area contributed by atoms with E-state index in [0.29, 0.717) is 6.04 Å². The van der Waals surface area contributed by atoms with Crippen LogP contribution in [-0.2, 0) is 13.1 Å². The molecule has 1 aromatic carbocycles. The summed E-state index contributed by atoms with van der Waals surface area (Å²) >= 11 is 0. The summed E-state index contributed by atoms with van der Waals surface area (Å²) in [6.07, 6.45) is 4.07. The van der Waals surface area contributed by atoms with Gasteiger partial charge in [0.25, 0.3) is 5.56 Å². The first-order valence-electron chi connectivity index (χ1n) is 8.59. The van der Waals surface area contributed by atoms with Crippen LogP contribution in [0.2, 0.25) is 0 Å². The minimum atomic E-state index is -0.114. The van der Waals surface area contributed by atoms with E-state index in [-0.39, 0.29) is 5.56 Å². The highest BCUT2D eigenvalue weighted by Gasteiger charge is 2.25. The molecule has 0 aliphatic carbocycles. The molecule has 0 spiro atoms. The van der Waals surface area contributed by atoms with Crippen molar-refractivity contribution in [1.29, 1.82) is 0 Å². The number of aromatic amines is 1. The van der Waals surface area contributed by atoms with Crippen molar-refractivity contribution in [2.45, 2.75) is 38.9 Å². The van der Waals surface area contributed by atoms with Crippen LogP contribution in [0.25, 0.3) is 0 Å². The molecule has 3 heterocycles. The van der Waals surface area contributed by atoms with Gasteiger partial charge in [-0.05, 0) is 50.0 Å². The number of rotatable bonds is 3. The molecule has 24 heavy (non-hydrogen) atoms. The number of hydrogen-bond acceptors (Lipinski definition) is 5. The van der Waals surface area contributed by atoms with Crippen LogP contribution in [0, 0.1) is 6.92 Å². The van der Waals surface area contributed by atoms with Gasteiger partial charge in [-0.25, -0.2) is 5.10 Å². The summed E-state index contributed by atoms with van der Waals surface area (Å²) in [4.78, 5) is 14.1. The Labute approximate surface area is 141 Å². The van der Waals surface area contributed by atoms with Gasteiger partial charge in [0, 0.05) is 30.4 Å². The molecule has 0 unspecified atom stereocenters. The van der Waals surface area contributed by atoms with Crippen molar-refractivity contribution in [3.8, 4) is 0 Å². The lowest BCUT2D eigenvalue weighted by atomic mass is 10.0. The Morgan fingerprint density at radius 2 is 2.08 bits per heavy atom. The average molecular weight is 325 g/mol. The van der Waals surface area contributed by atoms with Crippen molar-refractivity contribution in [3.05, 3.63) is 51.4 Å². The zero-order valence-corrected chi connectivity index (χ0v) is 13.9. The molecule has 0 amide bonds. The smallest absolute Gasteiger partial charge is 0.269 e. The van der Waals surface area contributed by atoms with E-state index in [0.717, 1.165) is 50.3 Å². The largest absolute Gasteiger partial charge is 0.382 e. The van der Waals surface area contributed by atoms with Crippen molar-refractivity contribution in [3.63, 3.8) is 0 Å². The molecule has 1 aromatic heterocycles. The predicted molar refractivity (Wildman–Crippen MR) is 95.4 cm³/mol. The highest BCUT2D eigenvalue weighted by Crippen LogP contribution is 2.33. The molecule has 126 valence electrons. The third-order valence-corrected chi connectivity index (χ3v) is 5.10. The number of nitrogens with zero attached hydrogens (tertiary/aromatic N) is 2. The standard InChI is InChI=1S/C18H23N5O/c1-12-17(9-20-22-18(12)24)23-10-13-3-2-4-16(15(13)11-23)21-14-5-7-19-8-6-14/h2-4,9,14,19,21H,5-8,10-11H2,1H3,(H,22,24). The summed E-state index contributed by atoms with van der Waals surface area (Å²) in [5.74, 6) is 0. The highest BCUT2D eigenvalue weighted by molar-refractivity contribution is 5.63. The van der Waals surface area contributed by atoms with E-state index < -0.39 is 0 Å². The second kappa shape index (κ2) is 6.28. The Balaban J connectivity index is 1.59. The maximum absolute atomic E-state index is 11.8. The van der Waals surface area contributed by atoms with Crippen LogP contribution in [0.4, 0.5) is 11.4 Å². The number of piperidine rings is 1. The molecule has 3 N–H and O–H groups in total. The summed E-state index contributed by atoms with van der Waals surface area (Å²) in [5, 5.41) is 13.6. The Bertz CT molecular complexity index is 794. The van der Waals surface area contributed by atoms with Crippen LogP contribution in [-0.4, -0.2) is 29.3 Å². The van der Waals surface area contributed by atoms with E-state index in [1.54, 1.807) is 6.20 Å². The molecule has 2 aliphatic rings. The molecule has 1 fully saturated rings. The molecule has 2 aromatic rings. The summed E-state index contributed by atoms with van der Waals surface area (Å²) < 4.78 is 0. The van der Waals surface area contributed by atoms with E-state index in [1.165, 1.54) is 16.8 Å². The van der Waals surface area contributed by atoms with E-state index in [4.69, 9.17) is 0 Å². The number of benzene rings is 1. The third kappa shape index (κ3) is 2.78. The summed E-state index contributed by atoms with van der Waals surface area (Å²) in [5.41, 5.74) is 5.44. The maximum atomic E-state index is 11.8. The van der Waals surface area contributed by atoms with Crippen molar-refractivity contribution in [2.75, 3.05) is 23.3 Å². The lowest BCUT2D eigenvalue weighted by molar-refractivity contribution is 0.479. The lowest BCUT2D eigenvalue weighted by Crippen LogP contribution is -2.35. The van der Waals surface area contributed by atoms with Crippen LogP contribution >= 0.6 is 0 Å². The van der Waals surface area contributed by atoms with Gasteiger partial charge < -0.3 is 15.5 Å². The number of anilines is 2. The first-order valence-corrected chi connectivity index (χ1v) is 8.59. The lowest BCUT2D eigenvalue weighted by Gasteiger charge is -2.26. The number of aromatic nitrogens is 2. The quantitative estimate of drug-likeness (QED) is 0.802. The second-order valence-corrected chi connectivity index (χ2v) is 6.68. The number of nitrogens with one attached hydrogen (secondary N) is 3. The Kier molecular flexibility index (Phi) is 3.98. The van der Waals surface area contributed by atoms with E-state index in [9.17, 15) is 4.79 Å². The summed E-state index contributed by atoms with van der Waals surface area (Å²) in [7, 11) is 0. The van der Waals surface area contributed by atoms with Gasteiger partial charge in [-0.2, -0.15) is 5.10 Å². The van der Waals surface area contributed by atoms with Gasteiger partial charge in [0.2, 0.25) is 0 Å². The number of fused-ring (bicyclic) bond motifs is 1. The Morgan fingerprint density at radius 1 is 1.25 bits per heavy atom. The Hall–Kier alpha value is -2.34. The van der Waals surface area contributed by atoms with Gasteiger partial charge in [-0.3, -0.25) is 4.79 Å². The number of hydrogen-bond donors (Lipinski definition) is 3. The Morgan fingerprint density at radius 3 is 2.92 bits per heavy atom. The van der Waals surface area contributed by atoms with E-state index in [1.807, 2.05) is 6.92 Å². The molecule has 2 aliphatic heterocycles. The molecule has 0 atom stereocenters. The van der Waals surface area contributed by atoms with Gasteiger partial charge in [-0.1, -0.05) is 12.1 Å².